The first-order valence-corrected chi connectivity index (χ1v) is 7.01. The summed E-state index contributed by atoms with van der Waals surface area (Å²) in [7, 11) is 0. The molecule has 0 saturated heterocycles. The number of aromatic nitrogens is 2. The Morgan fingerprint density at radius 1 is 1.44 bits per heavy atom. The zero-order valence-corrected chi connectivity index (χ0v) is 11.7. The van der Waals surface area contributed by atoms with Gasteiger partial charge in [0.2, 0.25) is 5.28 Å². The summed E-state index contributed by atoms with van der Waals surface area (Å²) in [6.07, 6.45) is 8.08. The fourth-order valence-corrected chi connectivity index (χ4v) is 2.81. The summed E-state index contributed by atoms with van der Waals surface area (Å²) in [4.78, 5) is 10.6. The highest BCUT2D eigenvalue weighted by molar-refractivity contribution is 7.18. The van der Waals surface area contributed by atoms with E-state index in [-0.39, 0.29) is 5.28 Å². The number of fused-ring (bicyclic) bond motifs is 1. The Morgan fingerprint density at radius 3 is 3.06 bits per heavy atom. The fourth-order valence-electron chi connectivity index (χ4n) is 1.71. The highest BCUT2D eigenvalue weighted by Crippen LogP contribution is 2.29. The van der Waals surface area contributed by atoms with Crippen molar-refractivity contribution in [1.29, 1.82) is 0 Å². The van der Waals surface area contributed by atoms with Crippen molar-refractivity contribution in [2.75, 3.05) is 11.9 Å². The third kappa shape index (κ3) is 3.12. The van der Waals surface area contributed by atoms with Gasteiger partial charge < -0.3 is 5.32 Å². The molecule has 0 unspecified atom stereocenters. The zero-order valence-electron chi connectivity index (χ0n) is 10.2. The van der Waals surface area contributed by atoms with E-state index in [0.29, 0.717) is 0 Å². The Labute approximate surface area is 116 Å². The number of hydrogen-bond acceptors (Lipinski definition) is 4. The highest BCUT2D eigenvalue weighted by atomic mass is 35.5. The lowest BCUT2D eigenvalue weighted by Gasteiger charge is -2.06. The van der Waals surface area contributed by atoms with Crippen molar-refractivity contribution in [3.63, 3.8) is 0 Å². The average Bonchev–Trinajstić information content (AvgIpc) is 2.69. The van der Waals surface area contributed by atoms with Gasteiger partial charge in [-0.15, -0.1) is 23.7 Å². The second kappa shape index (κ2) is 6.03. The first-order valence-electron chi connectivity index (χ1n) is 5.81. The standard InChI is InChI=1S/C13H14ClN3S/c1-3-4-5-6-7-15-11-10-8-9(2)18-12(10)17-13(14)16-11/h1,8H,4-7H2,2H3,(H,15,16,17). The van der Waals surface area contributed by atoms with Crippen LogP contribution in [-0.4, -0.2) is 16.5 Å². The zero-order chi connectivity index (χ0) is 13.0. The normalized spacial score (nSPS) is 10.5. The van der Waals surface area contributed by atoms with Gasteiger partial charge >= 0.3 is 0 Å². The maximum Gasteiger partial charge on any atom is 0.225 e. The number of anilines is 1. The van der Waals surface area contributed by atoms with Crippen LogP contribution in [0.5, 0.6) is 0 Å². The summed E-state index contributed by atoms with van der Waals surface area (Å²) in [6.45, 7) is 2.90. The molecule has 2 aromatic rings. The highest BCUT2D eigenvalue weighted by Gasteiger charge is 2.08. The number of nitrogens with zero attached hydrogens (tertiary/aromatic N) is 2. The van der Waals surface area contributed by atoms with E-state index in [1.54, 1.807) is 11.3 Å². The summed E-state index contributed by atoms with van der Waals surface area (Å²) in [5, 5.41) is 4.63. The molecule has 94 valence electrons. The quantitative estimate of drug-likeness (QED) is 0.513. The maximum absolute atomic E-state index is 5.91. The van der Waals surface area contributed by atoms with Gasteiger partial charge in [0, 0.05) is 17.8 Å². The summed E-state index contributed by atoms with van der Waals surface area (Å²) in [5.74, 6) is 3.45. The van der Waals surface area contributed by atoms with Gasteiger partial charge in [0.05, 0.1) is 5.39 Å². The molecule has 0 aliphatic carbocycles. The number of terminal acetylenes is 1. The minimum absolute atomic E-state index is 0.287. The number of nitrogens with one attached hydrogen (secondary N) is 1. The average molecular weight is 280 g/mol. The largest absolute Gasteiger partial charge is 0.369 e. The first-order chi connectivity index (χ1) is 8.70. The van der Waals surface area contributed by atoms with E-state index in [1.807, 2.05) is 0 Å². The minimum Gasteiger partial charge on any atom is -0.369 e. The number of rotatable bonds is 5. The second-order valence-electron chi connectivity index (χ2n) is 4.01. The van der Waals surface area contributed by atoms with E-state index in [1.165, 1.54) is 4.88 Å². The monoisotopic (exact) mass is 279 g/mol. The topological polar surface area (TPSA) is 37.8 Å². The molecule has 0 aliphatic rings. The van der Waals surface area contributed by atoms with E-state index >= 15 is 0 Å². The number of halogens is 1. The molecule has 0 aromatic carbocycles. The van der Waals surface area contributed by atoms with Crippen molar-refractivity contribution in [2.45, 2.75) is 26.2 Å². The van der Waals surface area contributed by atoms with Crippen LogP contribution in [0.2, 0.25) is 5.28 Å². The van der Waals surface area contributed by atoms with E-state index < -0.39 is 0 Å². The van der Waals surface area contributed by atoms with E-state index in [9.17, 15) is 0 Å². The molecular weight excluding hydrogens is 266 g/mol. The van der Waals surface area contributed by atoms with Crippen LogP contribution in [0.1, 0.15) is 24.1 Å². The van der Waals surface area contributed by atoms with Crippen molar-refractivity contribution in [2.24, 2.45) is 0 Å². The van der Waals surface area contributed by atoms with Crippen LogP contribution in [0.15, 0.2) is 6.07 Å². The van der Waals surface area contributed by atoms with Crippen LogP contribution in [-0.2, 0) is 0 Å². The van der Waals surface area contributed by atoms with E-state index in [0.717, 1.165) is 41.8 Å². The summed E-state index contributed by atoms with van der Waals surface area (Å²) >= 11 is 7.54. The molecule has 2 rings (SSSR count). The number of hydrogen-bond donors (Lipinski definition) is 1. The predicted octanol–water partition coefficient (Wildman–Crippen LogP) is 3.87. The van der Waals surface area contributed by atoms with E-state index in [2.05, 4.69) is 34.2 Å². The molecule has 1 N–H and O–H groups in total. The minimum atomic E-state index is 0.287. The van der Waals surface area contributed by atoms with Crippen LogP contribution < -0.4 is 5.32 Å². The van der Waals surface area contributed by atoms with Crippen molar-refractivity contribution < 1.29 is 0 Å². The lowest BCUT2D eigenvalue weighted by atomic mass is 10.2. The Kier molecular flexibility index (Phi) is 4.40. The van der Waals surface area contributed by atoms with Crippen LogP contribution in [0.3, 0.4) is 0 Å². The van der Waals surface area contributed by atoms with E-state index in [4.69, 9.17) is 18.0 Å². The molecule has 0 fully saturated rings. The third-order valence-electron chi connectivity index (χ3n) is 2.53. The Hall–Kier alpha value is -1.31. The molecular formula is C13H14ClN3S. The van der Waals surface area contributed by atoms with Crippen molar-refractivity contribution >= 4 is 39.0 Å². The van der Waals surface area contributed by atoms with Crippen molar-refractivity contribution in [1.82, 2.24) is 9.97 Å². The summed E-state index contributed by atoms with van der Waals surface area (Å²) in [5.41, 5.74) is 0. The molecule has 0 radical (unpaired) electrons. The van der Waals surface area contributed by atoms with Crippen LogP contribution in [0.4, 0.5) is 5.82 Å². The first kappa shape index (κ1) is 13.1. The fraction of sp³-hybridized carbons (Fsp3) is 0.385. The molecule has 18 heavy (non-hydrogen) atoms. The molecule has 2 aromatic heterocycles. The van der Waals surface area contributed by atoms with Gasteiger partial charge in [0.1, 0.15) is 10.6 Å². The van der Waals surface area contributed by atoms with Gasteiger partial charge in [-0.1, -0.05) is 0 Å². The van der Waals surface area contributed by atoms with Crippen molar-refractivity contribution in [3.05, 3.63) is 16.2 Å². The Balaban J connectivity index is 2.10. The number of aryl methyl sites for hydroxylation is 1. The number of thiophene rings is 1. The molecule has 0 bridgehead atoms. The Bertz CT molecular complexity index is 586. The Morgan fingerprint density at radius 2 is 2.28 bits per heavy atom. The smallest absolute Gasteiger partial charge is 0.225 e. The van der Waals surface area contributed by atoms with Gasteiger partial charge in [-0.25, -0.2) is 9.97 Å². The molecule has 0 amide bonds. The van der Waals surface area contributed by atoms with Gasteiger partial charge in [-0.3, -0.25) is 0 Å². The molecule has 2 heterocycles. The molecule has 0 spiro atoms. The van der Waals surface area contributed by atoms with Crippen LogP contribution in [0.25, 0.3) is 10.2 Å². The lowest BCUT2D eigenvalue weighted by Crippen LogP contribution is -2.04. The summed E-state index contributed by atoms with van der Waals surface area (Å²) in [6, 6.07) is 2.08. The molecule has 5 heteroatoms. The van der Waals surface area contributed by atoms with Crippen LogP contribution in [0, 0.1) is 19.3 Å². The lowest BCUT2D eigenvalue weighted by molar-refractivity contribution is 0.788. The van der Waals surface area contributed by atoms with Gasteiger partial charge in [0.25, 0.3) is 0 Å². The number of unbranched alkanes of at least 4 members (excludes halogenated alkanes) is 2. The molecule has 0 saturated carbocycles. The SMILES string of the molecule is C#CCCCCNc1nc(Cl)nc2sc(C)cc12. The predicted molar refractivity (Wildman–Crippen MR) is 78.3 cm³/mol. The van der Waals surface area contributed by atoms with Gasteiger partial charge in [-0.05, 0) is 37.4 Å². The van der Waals surface area contributed by atoms with Crippen LogP contribution >= 0.6 is 22.9 Å². The molecule has 3 nitrogen and oxygen atoms in total. The molecule has 0 aliphatic heterocycles. The second-order valence-corrected chi connectivity index (χ2v) is 5.58. The van der Waals surface area contributed by atoms with Gasteiger partial charge in [0.15, 0.2) is 0 Å². The van der Waals surface area contributed by atoms with Gasteiger partial charge in [-0.2, -0.15) is 0 Å². The third-order valence-corrected chi connectivity index (χ3v) is 3.64. The van der Waals surface area contributed by atoms with Crippen molar-refractivity contribution in [3.8, 4) is 12.3 Å². The molecule has 0 atom stereocenters. The summed E-state index contributed by atoms with van der Waals surface area (Å²) < 4.78 is 0. The maximum atomic E-state index is 5.91.